The molecule has 0 radical (unpaired) electrons. The Hall–Kier alpha value is -1.16. The third-order valence-corrected chi connectivity index (χ3v) is 2.07. The van der Waals surface area contributed by atoms with E-state index in [1.165, 1.54) is 0 Å². The van der Waals surface area contributed by atoms with Crippen molar-refractivity contribution in [3.63, 3.8) is 0 Å². The molecule has 5 heteroatoms. The van der Waals surface area contributed by atoms with Gasteiger partial charge in [0.05, 0.1) is 0 Å². The van der Waals surface area contributed by atoms with Crippen LogP contribution in [-0.2, 0) is 0 Å². The van der Waals surface area contributed by atoms with Crippen LogP contribution < -0.4 is 0 Å². The molecule has 2 rings (SSSR count). The molecule has 0 unspecified atom stereocenters. The van der Waals surface area contributed by atoms with Gasteiger partial charge in [0.1, 0.15) is 0 Å². The molecule has 0 aliphatic rings. The van der Waals surface area contributed by atoms with Gasteiger partial charge in [-0.3, -0.25) is 4.57 Å². The molecule has 2 heterocycles. The number of aromatic nitrogens is 4. The molecule has 0 aliphatic heterocycles. The maximum absolute atomic E-state index is 5.93. The van der Waals surface area contributed by atoms with Crippen LogP contribution in [0.25, 0.3) is 11.3 Å². The molecular weight excluding hydrogens is 188 g/mol. The van der Waals surface area contributed by atoms with Crippen LogP contribution in [0.5, 0.6) is 0 Å². The minimum Gasteiger partial charge on any atom is -0.295 e. The fraction of sp³-hybridized carbons (Fsp3) is 0.375. The molecule has 68 valence electrons. The van der Waals surface area contributed by atoms with E-state index in [0.29, 0.717) is 10.9 Å². The Labute approximate surface area is 80.6 Å². The molecule has 0 aliphatic carbocycles. The standard InChI is InChI=1S/C8H9ClN4/c1-5(2)13-7-6(12-8(13)9)10-3-4-11-7/h3-5H,1-2H3. The van der Waals surface area contributed by atoms with E-state index >= 15 is 0 Å². The number of nitrogens with zero attached hydrogens (tertiary/aromatic N) is 4. The molecule has 0 amide bonds. The summed E-state index contributed by atoms with van der Waals surface area (Å²) in [5, 5.41) is 0.441. The van der Waals surface area contributed by atoms with Crippen molar-refractivity contribution in [1.29, 1.82) is 0 Å². The van der Waals surface area contributed by atoms with E-state index in [1.807, 2.05) is 18.4 Å². The lowest BCUT2D eigenvalue weighted by Crippen LogP contribution is -2.01. The first kappa shape index (κ1) is 8.44. The van der Waals surface area contributed by atoms with Crippen LogP contribution in [0.3, 0.4) is 0 Å². The van der Waals surface area contributed by atoms with Gasteiger partial charge in [0.25, 0.3) is 0 Å². The van der Waals surface area contributed by atoms with Gasteiger partial charge in [-0.15, -0.1) is 0 Å². The molecule has 13 heavy (non-hydrogen) atoms. The molecule has 0 N–H and O–H groups in total. The van der Waals surface area contributed by atoms with Crippen molar-refractivity contribution >= 4 is 22.9 Å². The van der Waals surface area contributed by atoms with E-state index in [0.717, 1.165) is 5.65 Å². The largest absolute Gasteiger partial charge is 0.295 e. The summed E-state index contributed by atoms with van der Waals surface area (Å²) in [6, 6.07) is 0.245. The summed E-state index contributed by atoms with van der Waals surface area (Å²) in [7, 11) is 0. The minimum absolute atomic E-state index is 0.245. The van der Waals surface area contributed by atoms with Crippen molar-refractivity contribution in [2.24, 2.45) is 0 Å². The number of hydrogen-bond donors (Lipinski definition) is 0. The Bertz CT molecular complexity index is 435. The molecule has 0 fully saturated rings. The summed E-state index contributed by atoms with van der Waals surface area (Å²) in [6.45, 7) is 4.06. The highest BCUT2D eigenvalue weighted by molar-refractivity contribution is 6.29. The second kappa shape index (κ2) is 2.96. The third kappa shape index (κ3) is 1.27. The monoisotopic (exact) mass is 196 g/mol. The van der Waals surface area contributed by atoms with Crippen LogP contribution in [-0.4, -0.2) is 19.5 Å². The van der Waals surface area contributed by atoms with Crippen molar-refractivity contribution in [2.75, 3.05) is 0 Å². The molecule has 2 aromatic heterocycles. The molecule has 0 atom stereocenters. The number of hydrogen-bond acceptors (Lipinski definition) is 3. The van der Waals surface area contributed by atoms with Crippen molar-refractivity contribution in [3.05, 3.63) is 17.7 Å². The van der Waals surface area contributed by atoms with E-state index in [-0.39, 0.29) is 6.04 Å². The van der Waals surface area contributed by atoms with Crippen LogP contribution in [0.1, 0.15) is 19.9 Å². The Morgan fingerprint density at radius 3 is 2.69 bits per heavy atom. The topological polar surface area (TPSA) is 43.6 Å². The predicted molar refractivity (Wildman–Crippen MR) is 50.7 cm³/mol. The van der Waals surface area contributed by atoms with Crippen molar-refractivity contribution < 1.29 is 0 Å². The van der Waals surface area contributed by atoms with E-state index < -0.39 is 0 Å². The Balaban J connectivity index is 2.78. The lowest BCUT2D eigenvalue weighted by molar-refractivity contribution is 0.613. The van der Waals surface area contributed by atoms with Crippen LogP contribution >= 0.6 is 11.6 Å². The van der Waals surface area contributed by atoms with E-state index in [1.54, 1.807) is 12.4 Å². The Morgan fingerprint density at radius 2 is 2.00 bits per heavy atom. The summed E-state index contributed by atoms with van der Waals surface area (Å²) in [5.74, 6) is 0. The van der Waals surface area contributed by atoms with Gasteiger partial charge < -0.3 is 0 Å². The summed E-state index contributed by atoms with van der Waals surface area (Å²) < 4.78 is 1.85. The van der Waals surface area contributed by atoms with Gasteiger partial charge in [-0.05, 0) is 25.4 Å². The van der Waals surface area contributed by atoms with Gasteiger partial charge in [-0.2, -0.15) is 4.98 Å². The van der Waals surface area contributed by atoms with Gasteiger partial charge in [-0.1, -0.05) is 0 Å². The number of fused-ring (bicyclic) bond motifs is 1. The zero-order chi connectivity index (χ0) is 9.42. The molecule has 0 saturated carbocycles. The summed E-state index contributed by atoms with van der Waals surface area (Å²) >= 11 is 5.93. The highest BCUT2D eigenvalue weighted by atomic mass is 35.5. The van der Waals surface area contributed by atoms with Gasteiger partial charge in [0.2, 0.25) is 5.28 Å². The number of rotatable bonds is 1. The van der Waals surface area contributed by atoms with Crippen molar-refractivity contribution in [3.8, 4) is 0 Å². The van der Waals surface area contributed by atoms with Crippen LogP contribution in [0, 0.1) is 0 Å². The SMILES string of the molecule is CC(C)n1c(Cl)nc2nccnc21. The third-order valence-electron chi connectivity index (χ3n) is 1.80. The lowest BCUT2D eigenvalue weighted by atomic mass is 10.4. The van der Waals surface area contributed by atoms with E-state index in [9.17, 15) is 0 Å². The van der Waals surface area contributed by atoms with E-state index in [2.05, 4.69) is 15.0 Å². The van der Waals surface area contributed by atoms with Gasteiger partial charge in [0.15, 0.2) is 11.3 Å². The van der Waals surface area contributed by atoms with Gasteiger partial charge in [-0.25, -0.2) is 9.97 Å². The first-order valence-corrected chi connectivity index (χ1v) is 4.42. The minimum atomic E-state index is 0.245. The molecule has 0 aromatic carbocycles. The van der Waals surface area contributed by atoms with Crippen molar-refractivity contribution in [2.45, 2.75) is 19.9 Å². The zero-order valence-corrected chi connectivity index (χ0v) is 8.15. The molecule has 4 nitrogen and oxygen atoms in total. The second-order valence-electron chi connectivity index (χ2n) is 3.05. The average Bonchev–Trinajstić information content (AvgIpc) is 2.39. The maximum atomic E-state index is 5.93. The van der Waals surface area contributed by atoms with Crippen LogP contribution in [0.15, 0.2) is 12.4 Å². The maximum Gasteiger partial charge on any atom is 0.206 e. The average molecular weight is 197 g/mol. The van der Waals surface area contributed by atoms with Crippen LogP contribution in [0.2, 0.25) is 5.28 Å². The highest BCUT2D eigenvalue weighted by Crippen LogP contribution is 2.20. The first-order valence-electron chi connectivity index (χ1n) is 4.04. The summed E-state index contributed by atoms with van der Waals surface area (Å²) in [4.78, 5) is 12.3. The first-order chi connectivity index (χ1) is 6.20. The van der Waals surface area contributed by atoms with Gasteiger partial charge >= 0.3 is 0 Å². The predicted octanol–water partition coefficient (Wildman–Crippen LogP) is 2.06. The number of halogens is 1. The van der Waals surface area contributed by atoms with Gasteiger partial charge in [0, 0.05) is 18.4 Å². The lowest BCUT2D eigenvalue weighted by Gasteiger charge is -2.07. The number of imidazole rings is 1. The summed E-state index contributed by atoms with van der Waals surface area (Å²) in [5.41, 5.74) is 1.34. The molecule has 0 spiro atoms. The fourth-order valence-electron chi connectivity index (χ4n) is 1.26. The highest BCUT2D eigenvalue weighted by Gasteiger charge is 2.12. The Kier molecular flexibility index (Phi) is 1.92. The van der Waals surface area contributed by atoms with Crippen molar-refractivity contribution in [1.82, 2.24) is 19.5 Å². The molecule has 0 bridgehead atoms. The molecule has 0 saturated heterocycles. The molecule has 2 aromatic rings. The fourth-order valence-corrected chi connectivity index (χ4v) is 1.61. The molecular formula is C8H9ClN4. The Morgan fingerprint density at radius 1 is 1.31 bits per heavy atom. The summed E-state index contributed by atoms with van der Waals surface area (Å²) in [6.07, 6.45) is 3.25. The van der Waals surface area contributed by atoms with Crippen LogP contribution in [0.4, 0.5) is 0 Å². The van der Waals surface area contributed by atoms with E-state index in [4.69, 9.17) is 11.6 Å². The smallest absolute Gasteiger partial charge is 0.206 e. The second-order valence-corrected chi connectivity index (χ2v) is 3.39. The quantitative estimate of drug-likeness (QED) is 0.701. The zero-order valence-electron chi connectivity index (χ0n) is 7.40. The normalized spacial score (nSPS) is 11.4.